The van der Waals surface area contributed by atoms with Gasteiger partial charge in [-0.3, -0.25) is 0 Å². The number of aliphatic hydroxyl groups excluding tert-OH is 1. The van der Waals surface area contributed by atoms with E-state index in [2.05, 4.69) is 15.6 Å². The van der Waals surface area contributed by atoms with Gasteiger partial charge in [-0.25, -0.2) is 4.68 Å². The van der Waals surface area contributed by atoms with Crippen molar-refractivity contribution in [1.82, 2.24) is 20.3 Å². The quantitative estimate of drug-likeness (QED) is 0.638. The minimum Gasteiger partial charge on any atom is -0.394 e. The molecule has 5 nitrogen and oxygen atoms in total. The maximum absolute atomic E-state index is 9.40. The van der Waals surface area contributed by atoms with Crippen LogP contribution in [0.3, 0.4) is 0 Å². The van der Waals surface area contributed by atoms with E-state index < -0.39 is 0 Å². The van der Waals surface area contributed by atoms with Crippen molar-refractivity contribution in [3.63, 3.8) is 0 Å². The molecule has 0 atom stereocenters. The third kappa shape index (κ3) is 1.45. The minimum absolute atomic E-state index is 0.137. The zero-order valence-electron chi connectivity index (χ0n) is 7.48. The summed E-state index contributed by atoms with van der Waals surface area (Å²) in [6.45, 7) is 2.00. The first-order chi connectivity index (χ1) is 6.37. The molecular weight excluding hydrogens is 168 g/mol. The average Bonchev–Trinajstić information content (AvgIpc) is 2.72. The number of aromatic nitrogens is 3. The van der Waals surface area contributed by atoms with Gasteiger partial charge >= 0.3 is 0 Å². The first-order valence-corrected chi connectivity index (χ1v) is 4.56. The highest BCUT2D eigenvalue weighted by Gasteiger charge is 2.33. The zero-order valence-corrected chi connectivity index (χ0v) is 7.48. The molecule has 0 amide bonds. The Morgan fingerprint density at radius 2 is 2.23 bits per heavy atom. The molecule has 1 saturated heterocycles. The highest BCUT2D eigenvalue weighted by Crippen LogP contribution is 2.25. The number of nitrogens with zero attached hydrogens (tertiary/aromatic N) is 3. The van der Waals surface area contributed by atoms with Crippen LogP contribution in [0.2, 0.25) is 0 Å². The maximum Gasteiger partial charge on any atom is 0.0899 e. The molecule has 0 radical (unpaired) electrons. The molecule has 5 heteroatoms. The summed E-state index contributed by atoms with van der Waals surface area (Å²) in [4.78, 5) is 0. The number of aliphatic hydroxyl groups is 1. The molecule has 0 aliphatic carbocycles. The largest absolute Gasteiger partial charge is 0.394 e. The fourth-order valence-electron chi connectivity index (χ4n) is 1.81. The monoisotopic (exact) mass is 182 g/mol. The Morgan fingerprint density at radius 1 is 1.46 bits per heavy atom. The molecule has 2 rings (SSSR count). The van der Waals surface area contributed by atoms with Crippen LogP contribution < -0.4 is 5.32 Å². The maximum atomic E-state index is 9.40. The van der Waals surface area contributed by atoms with Crippen LogP contribution >= 0.6 is 0 Å². The molecule has 1 aliphatic heterocycles. The highest BCUT2D eigenvalue weighted by atomic mass is 16.3. The Bertz CT molecular complexity index is 253. The molecule has 1 fully saturated rings. The zero-order chi connectivity index (χ0) is 9.15. The second kappa shape index (κ2) is 3.43. The summed E-state index contributed by atoms with van der Waals surface area (Å²) in [5.41, 5.74) is -0.220. The molecule has 72 valence electrons. The van der Waals surface area contributed by atoms with Crippen molar-refractivity contribution in [3.05, 3.63) is 12.4 Å². The number of hydrogen-bond acceptors (Lipinski definition) is 4. The van der Waals surface area contributed by atoms with E-state index in [9.17, 15) is 5.11 Å². The Balaban J connectivity index is 2.23. The molecule has 2 heterocycles. The predicted octanol–water partition coefficient (Wildman–Crippen LogP) is -0.651. The van der Waals surface area contributed by atoms with Gasteiger partial charge in [-0.05, 0) is 25.9 Å². The van der Waals surface area contributed by atoms with Gasteiger partial charge in [0.05, 0.1) is 18.3 Å². The number of hydrogen-bond donors (Lipinski definition) is 2. The van der Waals surface area contributed by atoms with Crippen molar-refractivity contribution in [2.24, 2.45) is 0 Å². The van der Waals surface area contributed by atoms with E-state index >= 15 is 0 Å². The van der Waals surface area contributed by atoms with Crippen molar-refractivity contribution >= 4 is 0 Å². The van der Waals surface area contributed by atoms with Gasteiger partial charge in [-0.15, -0.1) is 5.10 Å². The van der Waals surface area contributed by atoms with Gasteiger partial charge in [0.2, 0.25) is 0 Å². The van der Waals surface area contributed by atoms with Crippen LogP contribution in [0.25, 0.3) is 0 Å². The highest BCUT2D eigenvalue weighted by molar-refractivity contribution is 4.90. The molecule has 0 spiro atoms. The summed E-state index contributed by atoms with van der Waals surface area (Å²) in [5, 5.41) is 20.4. The molecule has 2 N–H and O–H groups in total. The molecule has 0 bridgehead atoms. The van der Waals surface area contributed by atoms with E-state index in [4.69, 9.17) is 0 Å². The fourth-order valence-corrected chi connectivity index (χ4v) is 1.81. The van der Waals surface area contributed by atoms with Crippen LogP contribution in [0, 0.1) is 0 Å². The molecule has 0 saturated carbocycles. The smallest absolute Gasteiger partial charge is 0.0899 e. The lowest BCUT2D eigenvalue weighted by molar-refractivity contribution is 0.0837. The summed E-state index contributed by atoms with van der Waals surface area (Å²) in [6.07, 6.45) is 5.29. The number of rotatable bonds is 2. The van der Waals surface area contributed by atoms with Crippen LogP contribution in [0.5, 0.6) is 0 Å². The summed E-state index contributed by atoms with van der Waals surface area (Å²) in [7, 11) is 0. The van der Waals surface area contributed by atoms with Gasteiger partial charge in [-0.2, -0.15) is 0 Å². The van der Waals surface area contributed by atoms with Crippen molar-refractivity contribution in [3.8, 4) is 0 Å². The lowest BCUT2D eigenvalue weighted by Crippen LogP contribution is -2.47. The molecule has 13 heavy (non-hydrogen) atoms. The number of nitrogens with one attached hydrogen (secondary N) is 1. The third-order valence-electron chi connectivity index (χ3n) is 2.74. The Kier molecular flexibility index (Phi) is 2.28. The summed E-state index contributed by atoms with van der Waals surface area (Å²) < 4.78 is 1.79. The summed E-state index contributed by atoms with van der Waals surface area (Å²) >= 11 is 0. The van der Waals surface area contributed by atoms with E-state index in [1.165, 1.54) is 0 Å². The van der Waals surface area contributed by atoms with E-state index in [1.807, 2.05) is 6.20 Å². The first kappa shape index (κ1) is 8.65. The van der Waals surface area contributed by atoms with Crippen molar-refractivity contribution in [2.75, 3.05) is 19.7 Å². The second-order valence-corrected chi connectivity index (χ2v) is 3.48. The lowest BCUT2D eigenvalue weighted by Gasteiger charge is -2.35. The van der Waals surface area contributed by atoms with Crippen LogP contribution in [0.4, 0.5) is 0 Å². The lowest BCUT2D eigenvalue weighted by atomic mass is 9.89. The summed E-state index contributed by atoms with van der Waals surface area (Å²) in [6, 6.07) is 0. The van der Waals surface area contributed by atoms with Crippen LogP contribution in [0.1, 0.15) is 12.8 Å². The normalized spacial score (nSPS) is 21.6. The Morgan fingerprint density at radius 3 is 2.77 bits per heavy atom. The van der Waals surface area contributed by atoms with E-state index in [-0.39, 0.29) is 12.1 Å². The van der Waals surface area contributed by atoms with Crippen LogP contribution in [-0.2, 0) is 5.54 Å². The third-order valence-corrected chi connectivity index (χ3v) is 2.74. The second-order valence-electron chi connectivity index (χ2n) is 3.48. The molecule has 1 aromatic rings. The van der Waals surface area contributed by atoms with Gasteiger partial charge in [0, 0.05) is 6.20 Å². The molecule has 0 aromatic carbocycles. The van der Waals surface area contributed by atoms with Crippen molar-refractivity contribution in [2.45, 2.75) is 18.4 Å². The van der Waals surface area contributed by atoms with Gasteiger partial charge in [-0.1, -0.05) is 5.21 Å². The van der Waals surface area contributed by atoms with Crippen LogP contribution in [-0.4, -0.2) is 39.8 Å². The topological polar surface area (TPSA) is 63.0 Å². The van der Waals surface area contributed by atoms with E-state index in [0.29, 0.717) is 0 Å². The Labute approximate surface area is 76.8 Å². The standard InChI is InChI=1S/C8H14N4O/c13-7-8(1-3-9-4-2-8)12-6-5-10-11-12/h5-6,9,13H,1-4,7H2. The van der Waals surface area contributed by atoms with E-state index in [1.54, 1.807) is 10.9 Å². The van der Waals surface area contributed by atoms with Gasteiger partial charge in [0.25, 0.3) is 0 Å². The SMILES string of the molecule is OCC1(n2ccnn2)CCNCC1. The van der Waals surface area contributed by atoms with Gasteiger partial charge in [0.1, 0.15) is 0 Å². The predicted molar refractivity (Wildman–Crippen MR) is 47.2 cm³/mol. The van der Waals surface area contributed by atoms with Gasteiger partial charge in [0.15, 0.2) is 0 Å². The van der Waals surface area contributed by atoms with Crippen LogP contribution in [0.15, 0.2) is 12.4 Å². The van der Waals surface area contributed by atoms with Crippen molar-refractivity contribution in [1.29, 1.82) is 0 Å². The molecular formula is C8H14N4O. The number of piperidine rings is 1. The molecule has 0 unspecified atom stereocenters. The molecule has 1 aliphatic rings. The Hall–Kier alpha value is -0.940. The summed E-state index contributed by atoms with van der Waals surface area (Å²) in [5.74, 6) is 0. The minimum atomic E-state index is -0.220. The fraction of sp³-hybridized carbons (Fsp3) is 0.750. The van der Waals surface area contributed by atoms with Gasteiger partial charge < -0.3 is 10.4 Å². The van der Waals surface area contributed by atoms with Crippen molar-refractivity contribution < 1.29 is 5.11 Å². The molecule has 1 aromatic heterocycles. The van der Waals surface area contributed by atoms with E-state index in [0.717, 1.165) is 25.9 Å². The first-order valence-electron chi connectivity index (χ1n) is 4.56. The average molecular weight is 182 g/mol.